The zero-order valence-electron chi connectivity index (χ0n) is 79.2. The van der Waals surface area contributed by atoms with E-state index >= 15 is 0 Å². The highest BCUT2D eigenvalue weighted by Gasteiger charge is 2.51. The summed E-state index contributed by atoms with van der Waals surface area (Å²) in [6, 6.07) is 146. The molecular formula is C128H69B3N10O9. The lowest BCUT2D eigenvalue weighted by Crippen LogP contribution is -2.59. The smallest absolute Gasteiger partial charge is 0.270 e. The molecule has 21 aromatic carbocycles. The van der Waals surface area contributed by atoms with Gasteiger partial charge in [0.1, 0.15) is 103 Å². The van der Waals surface area contributed by atoms with Crippen LogP contribution in [0.5, 0.6) is 103 Å². The summed E-state index contributed by atoms with van der Waals surface area (Å²) in [6.45, 7) is -0.0731. The van der Waals surface area contributed by atoms with Gasteiger partial charge >= 0.3 is 0 Å². The zero-order valence-corrected chi connectivity index (χ0v) is 79.2. The first-order chi connectivity index (χ1) is 74.4. The second kappa shape index (κ2) is 28.9. The Kier molecular flexibility index (Phi) is 15.3. The van der Waals surface area contributed by atoms with Crippen molar-refractivity contribution in [3.05, 3.63) is 419 Å². The molecule has 0 radical (unpaired) electrons. The molecule has 0 bridgehead atoms. The molecule has 150 heavy (non-hydrogen) atoms. The molecule has 0 atom stereocenters. The summed E-state index contributed by atoms with van der Waals surface area (Å²) in [4.78, 5) is 10.3. The third kappa shape index (κ3) is 10.5. The summed E-state index contributed by atoms with van der Waals surface area (Å²) in [5, 5.41) is 9.52. The SMILES string of the molecule is c1cc2c3c(c1)Oc1cc(-n4c5ccccc5c5cc(-n6c7ccccc7c7ccccc76)ccc54)cc4c1B3c1c(cccc1O4)O2.c1cc2c3c(c1)Oc1cc(-n4c5ccccc5c5cc(-n6c7ccccc7n7c8ccccc8nc67)ccc54)cc4c1B3c1c(cccc1O4)O2.c1cc2c3c(c1)Oc1cc(-n4c5ccccc5c5cccc(-n6c7ccccc7n7c8ccccc8nc67)c54)cc4c1B3c1c(cccc1O4)O2. The van der Waals surface area contributed by atoms with Gasteiger partial charge in [-0.2, -0.15) is 0 Å². The maximum Gasteiger partial charge on any atom is 0.270 e. The molecular weight excluding hydrogens is 1850 g/mol. The van der Waals surface area contributed by atoms with Crippen LogP contribution in [0.25, 0.3) is 177 Å². The lowest BCUT2D eigenvalue weighted by Gasteiger charge is -2.37. The fraction of sp³-hybridized carbons (Fsp3) is 0. The van der Waals surface area contributed by atoms with Gasteiger partial charge in [0.05, 0.1) is 111 Å². The molecule has 17 heterocycles. The molecule has 0 spiro atoms. The van der Waals surface area contributed by atoms with Crippen LogP contribution in [-0.4, -0.2) is 66.3 Å². The molecule has 0 amide bonds. The average Bonchev–Trinajstić information content (AvgIpc) is 0.993. The highest BCUT2D eigenvalue weighted by Crippen LogP contribution is 2.52. The number of nitrogens with zero attached hydrogens (tertiary/aromatic N) is 10. The van der Waals surface area contributed by atoms with Crippen LogP contribution in [0.2, 0.25) is 0 Å². The van der Waals surface area contributed by atoms with Crippen molar-refractivity contribution >= 4 is 212 Å². The van der Waals surface area contributed by atoms with E-state index in [1.807, 2.05) is 121 Å². The van der Waals surface area contributed by atoms with Gasteiger partial charge in [0.25, 0.3) is 20.1 Å². The monoisotopic (exact) mass is 1920 g/mol. The highest BCUT2D eigenvalue weighted by atomic mass is 16.5. The third-order valence-corrected chi connectivity index (χ3v) is 32.3. The number of fused-ring (bicyclic) bond motifs is 22. The molecule has 29 aromatic rings. The second-order valence-electron chi connectivity index (χ2n) is 39.9. The van der Waals surface area contributed by atoms with E-state index in [2.05, 4.69) is 333 Å². The van der Waals surface area contributed by atoms with Crippen LogP contribution < -0.4 is 91.8 Å². The number of hydrogen-bond donors (Lipinski definition) is 0. The van der Waals surface area contributed by atoms with E-state index in [1.165, 1.54) is 32.6 Å². The number of imidazole rings is 4. The molecule has 0 saturated heterocycles. The van der Waals surface area contributed by atoms with Crippen molar-refractivity contribution in [2.24, 2.45) is 0 Å². The molecule has 0 unspecified atom stereocenters. The quantitative estimate of drug-likeness (QED) is 0.147. The maximum atomic E-state index is 6.77. The van der Waals surface area contributed by atoms with Gasteiger partial charge < -0.3 is 60.9 Å². The van der Waals surface area contributed by atoms with Gasteiger partial charge in [-0.3, -0.25) is 17.9 Å². The van der Waals surface area contributed by atoms with E-state index in [4.69, 9.17) is 52.6 Å². The number of para-hydroxylation sites is 14. The topological polar surface area (TPSA) is 147 Å². The number of benzene rings is 21. The van der Waals surface area contributed by atoms with Crippen LogP contribution in [0.1, 0.15) is 0 Å². The fourth-order valence-corrected chi connectivity index (χ4v) is 26.4. The van der Waals surface area contributed by atoms with E-state index in [0.717, 1.165) is 297 Å². The van der Waals surface area contributed by atoms with Gasteiger partial charge in [-0.25, -0.2) is 9.97 Å². The summed E-state index contributed by atoms with van der Waals surface area (Å²) < 4.78 is 77.9. The Hall–Kier alpha value is -20.2. The van der Waals surface area contributed by atoms with E-state index in [1.54, 1.807) is 0 Å². The molecule has 694 valence electrons. The Balaban J connectivity index is 0.0000000926. The Labute approximate surface area is 851 Å². The lowest BCUT2D eigenvalue weighted by atomic mass is 9.34. The van der Waals surface area contributed by atoms with E-state index in [-0.39, 0.29) is 20.1 Å². The summed E-state index contributed by atoms with van der Waals surface area (Å²) >= 11 is 0. The molecule has 0 saturated carbocycles. The minimum Gasteiger partial charge on any atom is -0.458 e. The van der Waals surface area contributed by atoms with Gasteiger partial charge in [-0.15, -0.1) is 0 Å². The normalized spacial score (nSPS) is 13.5. The number of hydrogen-bond acceptors (Lipinski definition) is 11. The maximum absolute atomic E-state index is 6.77. The molecule has 0 N–H and O–H groups in total. The summed E-state index contributed by atoms with van der Waals surface area (Å²) in [6.07, 6.45) is 0. The molecule has 9 aliphatic rings. The van der Waals surface area contributed by atoms with E-state index < -0.39 is 0 Å². The van der Waals surface area contributed by atoms with Crippen molar-refractivity contribution in [3.63, 3.8) is 0 Å². The van der Waals surface area contributed by atoms with Gasteiger partial charge in [-0.1, -0.05) is 188 Å². The van der Waals surface area contributed by atoms with Crippen LogP contribution in [0.3, 0.4) is 0 Å². The highest BCUT2D eigenvalue weighted by molar-refractivity contribution is 7.01. The average molecular weight is 1920 g/mol. The molecule has 19 nitrogen and oxygen atoms in total. The Morgan fingerprint density at radius 3 is 0.740 bits per heavy atom. The van der Waals surface area contributed by atoms with Crippen molar-refractivity contribution in [1.29, 1.82) is 0 Å². The number of aromatic nitrogens is 10. The summed E-state index contributed by atoms with van der Waals surface area (Å²) in [5.41, 5.74) is 33.2. The molecule has 0 fully saturated rings. The first-order valence-electron chi connectivity index (χ1n) is 50.6. The van der Waals surface area contributed by atoms with Crippen LogP contribution in [-0.2, 0) is 0 Å². The van der Waals surface area contributed by atoms with Gasteiger partial charge in [-0.05, 0) is 194 Å². The van der Waals surface area contributed by atoms with Crippen LogP contribution in [0, 0.1) is 0 Å². The van der Waals surface area contributed by atoms with E-state index in [9.17, 15) is 0 Å². The van der Waals surface area contributed by atoms with Crippen LogP contribution in [0.4, 0.5) is 0 Å². The first kappa shape index (κ1) is 79.2. The third-order valence-electron chi connectivity index (χ3n) is 32.3. The zero-order chi connectivity index (χ0) is 97.0. The Morgan fingerprint density at radius 1 is 0.153 bits per heavy atom. The molecule has 38 rings (SSSR count). The summed E-state index contributed by atoms with van der Waals surface area (Å²) in [5.74, 6) is 16.5. The molecule has 0 aliphatic carbocycles. The second-order valence-corrected chi connectivity index (χ2v) is 39.9. The predicted molar refractivity (Wildman–Crippen MR) is 596 cm³/mol. The Morgan fingerprint density at radius 2 is 0.387 bits per heavy atom. The minimum absolute atomic E-state index is 0.00961. The van der Waals surface area contributed by atoms with Crippen molar-refractivity contribution in [1.82, 2.24) is 46.2 Å². The molecule has 8 aromatic heterocycles. The first-order valence-corrected chi connectivity index (χ1v) is 50.6. The van der Waals surface area contributed by atoms with Crippen LogP contribution in [0.15, 0.2) is 419 Å². The predicted octanol–water partition coefficient (Wildman–Crippen LogP) is 25.4. The van der Waals surface area contributed by atoms with E-state index in [0.29, 0.717) is 0 Å². The lowest BCUT2D eigenvalue weighted by molar-refractivity contribution is 0.442. The molecule has 22 heteroatoms. The van der Waals surface area contributed by atoms with Crippen molar-refractivity contribution in [3.8, 4) is 138 Å². The number of rotatable bonds is 6. The summed E-state index contributed by atoms with van der Waals surface area (Å²) in [7, 11) is 0. The molecule has 9 aliphatic heterocycles. The largest absolute Gasteiger partial charge is 0.458 e. The van der Waals surface area contributed by atoms with Crippen molar-refractivity contribution in [2.75, 3.05) is 0 Å². The standard InChI is InChI=1S/2C43H23BN4O3.C42H23BN2O3/c1-3-13-28-25(10-1)26-11-7-17-32(48-31-16-6-5-15-30(31)47-29-14-4-2-12-27(29)45-43(47)48)42(26)46(28)24-22-37-41-38(23-24)51-36-21-9-19-34-40(36)44(41)39-33(49-34)18-8-20-35(39)50-37;1-3-11-29-26(9-1)27-21-24(47-32-13-5-6-14-33(32)48-31-12-4-2-10-28(31)45-43(47)48)19-20-30(27)46(29)25-22-38-42-39(23-25)51-37-18-8-16-35-41(37)44(42)40-34(49-35)15-7-17-36(40)50-38;1-4-12-30-26(9-1)27-10-2-5-13-31(27)44(30)24-19-20-33-29(21-24)28-11-3-6-14-32(28)45(33)25-22-38-42-39(23-25)48-37-18-8-16-35-41(37)43(42)40-34(46-35)15-7-17-36(40)47-38/h2*1-23H;1-23H. The Bertz CT molecular complexity index is 11000. The van der Waals surface area contributed by atoms with Crippen molar-refractivity contribution < 1.29 is 42.6 Å². The van der Waals surface area contributed by atoms with Gasteiger partial charge in [0.2, 0.25) is 11.6 Å². The van der Waals surface area contributed by atoms with Gasteiger partial charge in [0.15, 0.2) is 0 Å². The minimum atomic E-state index is -0.0412. The van der Waals surface area contributed by atoms with Crippen molar-refractivity contribution in [2.45, 2.75) is 0 Å². The van der Waals surface area contributed by atoms with Crippen LogP contribution >= 0.6 is 0 Å². The number of ether oxygens (including phenoxy) is 9. The van der Waals surface area contributed by atoms with Gasteiger partial charge in [0, 0.05) is 140 Å². The fourth-order valence-electron chi connectivity index (χ4n) is 26.4.